The van der Waals surface area contributed by atoms with E-state index in [1.807, 2.05) is 19.1 Å². The molecular formula is C18H22N8. The predicted molar refractivity (Wildman–Crippen MR) is 98.4 cm³/mol. The van der Waals surface area contributed by atoms with Gasteiger partial charge in [0.1, 0.15) is 5.82 Å². The third-order valence-electron chi connectivity index (χ3n) is 5.33. The SMILES string of the molecule is Cc1nnc2ccc(NCC3CN(c4cc5c(nn4)CCCC5)C3)nn12. The van der Waals surface area contributed by atoms with E-state index in [9.17, 15) is 0 Å². The lowest BCUT2D eigenvalue weighted by molar-refractivity contribution is 0.424. The molecule has 0 aromatic carbocycles. The molecule has 1 aliphatic carbocycles. The van der Waals surface area contributed by atoms with Gasteiger partial charge in [-0.1, -0.05) is 0 Å². The molecule has 1 fully saturated rings. The van der Waals surface area contributed by atoms with Gasteiger partial charge in [0.05, 0.1) is 5.69 Å². The lowest BCUT2D eigenvalue weighted by atomic mass is 9.95. The van der Waals surface area contributed by atoms with Crippen LogP contribution in [0.3, 0.4) is 0 Å². The molecule has 3 aromatic heterocycles. The lowest BCUT2D eigenvalue weighted by Gasteiger charge is -2.40. The number of aromatic nitrogens is 6. The Morgan fingerprint density at radius 1 is 1.08 bits per heavy atom. The zero-order valence-electron chi connectivity index (χ0n) is 14.9. The standard InChI is InChI=1S/C18H22N8/c1-12-20-22-17-7-6-16(24-26(12)17)19-9-13-10-25(11-13)18-8-14-4-2-3-5-15(14)21-23-18/h6-8,13H,2-5,9-11H2,1H3,(H,19,24). The van der Waals surface area contributed by atoms with Crippen molar-refractivity contribution in [3.63, 3.8) is 0 Å². The van der Waals surface area contributed by atoms with Crippen LogP contribution in [0.15, 0.2) is 18.2 Å². The Hall–Kier alpha value is -2.77. The van der Waals surface area contributed by atoms with E-state index in [-0.39, 0.29) is 0 Å². The van der Waals surface area contributed by atoms with Crippen LogP contribution in [0.4, 0.5) is 11.6 Å². The van der Waals surface area contributed by atoms with Crippen molar-refractivity contribution in [2.45, 2.75) is 32.6 Å². The van der Waals surface area contributed by atoms with Crippen LogP contribution in [0, 0.1) is 12.8 Å². The average Bonchev–Trinajstić information content (AvgIpc) is 3.01. The van der Waals surface area contributed by atoms with Crippen LogP contribution >= 0.6 is 0 Å². The lowest BCUT2D eigenvalue weighted by Crippen LogP contribution is -2.50. The highest BCUT2D eigenvalue weighted by atomic mass is 15.4. The molecule has 3 aromatic rings. The fraction of sp³-hybridized carbons (Fsp3) is 0.500. The van der Waals surface area contributed by atoms with Gasteiger partial charge in [0.15, 0.2) is 17.3 Å². The summed E-state index contributed by atoms with van der Waals surface area (Å²) in [7, 11) is 0. The molecule has 1 N–H and O–H groups in total. The van der Waals surface area contributed by atoms with Crippen LogP contribution in [0.2, 0.25) is 0 Å². The molecule has 2 aliphatic rings. The number of aryl methyl sites for hydroxylation is 3. The zero-order valence-corrected chi connectivity index (χ0v) is 14.9. The number of nitrogens with one attached hydrogen (secondary N) is 1. The van der Waals surface area contributed by atoms with Crippen LogP contribution in [0.5, 0.6) is 0 Å². The summed E-state index contributed by atoms with van der Waals surface area (Å²) in [5.74, 6) is 3.27. The predicted octanol–water partition coefficient (Wildman–Crippen LogP) is 1.65. The van der Waals surface area contributed by atoms with Crippen molar-refractivity contribution in [3.8, 4) is 0 Å². The average molecular weight is 350 g/mol. The minimum absolute atomic E-state index is 0.590. The van der Waals surface area contributed by atoms with Crippen LogP contribution in [-0.4, -0.2) is 49.6 Å². The van der Waals surface area contributed by atoms with Crippen molar-refractivity contribution in [2.24, 2.45) is 5.92 Å². The van der Waals surface area contributed by atoms with Gasteiger partial charge in [-0.2, -0.15) is 9.61 Å². The first-order valence-corrected chi connectivity index (χ1v) is 9.29. The van der Waals surface area contributed by atoms with Gasteiger partial charge in [-0.3, -0.25) is 0 Å². The van der Waals surface area contributed by atoms with Gasteiger partial charge < -0.3 is 10.2 Å². The van der Waals surface area contributed by atoms with Crippen molar-refractivity contribution in [1.29, 1.82) is 0 Å². The number of nitrogens with zero attached hydrogens (tertiary/aromatic N) is 7. The molecule has 8 heteroatoms. The summed E-state index contributed by atoms with van der Waals surface area (Å²) in [4.78, 5) is 2.31. The van der Waals surface area contributed by atoms with Gasteiger partial charge in [0, 0.05) is 25.6 Å². The molecule has 0 bridgehead atoms. The van der Waals surface area contributed by atoms with Gasteiger partial charge in [-0.15, -0.1) is 20.4 Å². The Morgan fingerprint density at radius 3 is 2.88 bits per heavy atom. The van der Waals surface area contributed by atoms with E-state index in [1.165, 1.54) is 24.1 Å². The number of hydrogen-bond donors (Lipinski definition) is 1. The molecule has 1 aliphatic heterocycles. The van der Waals surface area contributed by atoms with E-state index < -0.39 is 0 Å². The molecule has 0 amide bonds. The van der Waals surface area contributed by atoms with E-state index in [0.717, 1.165) is 55.6 Å². The van der Waals surface area contributed by atoms with Crippen molar-refractivity contribution < 1.29 is 0 Å². The second-order valence-electron chi connectivity index (χ2n) is 7.27. The second kappa shape index (κ2) is 6.19. The minimum atomic E-state index is 0.590. The molecule has 4 heterocycles. The van der Waals surface area contributed by atoms with Gasteiger partial charge in [0.25, 0.3) is 0 Å². The van der Waals surface area contributed by atoms with Gasteiger partial charge in [-0.25, -0.2) is 0 Å². The molecule has 0 spiro atoms. The highest BCUT2D eigenvalue weighted by Crippen LogP contribution is 2.26. The van der Waals surface area contributed by atoms with Crippen molar-refractivity contribution in [1.82, 2.24) is 30.0 Å². The smallest absolute Gasteiger partial charge is 0.178 e. The van der Waals surface area contributed by atoms with E-state index in [1.54, 1.807) is 4.52 Å². The van der Waals surface area contributed by atoms with Crippen LogP contribution in [0.25, 0.3) is 5.65 Å². The first-order chi connectivity index (χ1) is 12.8. The summed E-state index contributed by atoms with van der Waals surface area (Å²) in [5, 5.41) is 24.9. The highest BCUT2D eigenvalue weighted by molar-refractivity contribution is 5.46. The van der Waals surface area contributed by atoms with Gasteiger partial charge in [-0.05, 0) is 56.4 Å². The third-order valence-corrected chi connectivity index (χ3v) is 5.33. The maximum Gasteiger partial charge on any atom is 0.178 e. The number of anilines is 2. The molecule has 1 saturated heterocycles. The van der Waals surface area contributed by atoms with E-state index in [0.29, 0.717) is 5.92 Å². The largest absolute Gasteiger partial charge is 0.368 e. The number of rotatable bonds is 4. The topological polar surface area (TPSA) is 84.1 Å². The van der Waals surface area contributed by atoms with E-state index in [2.05, 4.69) is 41.8 Å². The van der Waals surface area contributed by atoms with Crippen LogP contribution < -0.4 is 10.2 Å². The molecule has 0 atom stereocenters. The third kappa shape index (κ3) is 2.75. The van der Waals surface area contributed by atoms with Crippen LogP contribution in [-0.2, 0) is 12.8 Å². The maximum atomic E-state index is 4.54. The summed E-state index contributed by atoms with van der Waals surface area (Å²) in [6.45, 7) is 4.82. The number of hydrogen-bond acceptors (Lipinski definition) is 7. The summed E-state index contributed by atoms with van der Waals surface area (Å²) in [6, 6.07) is 6.13. The second-order valence-corrected chi connectivity index (χ2v) is 7.27. The van der Waals surface area contributed by atoms with Gasteiger partial charge >= 0.3 is 0 Å². The Morgan fingerprint density at radius 2 is 1.96 bits per heavy atom. The fourth-order valence-electron chi connectivity index (χ4n) is 3.76. The Labute approximate surface area is 151 Å². The van der Waals surface area contributed by atoms with E-state index >= 15 is 0 Å². The highest BCUT2D eigenvalue weighted by Gasteiger charge is 2.28. The number of fused-ring (bicyclic) bond motifs is 2. The molecule has 0 unspecified atom stereocenters. The monoisotopic (exact) mass is 350 g/mol. The molecule has 5 rings (SSSR count). The quantitative estimate of drug-likeness (QED) is 0.766. The zero-order chi connectivity index (χ0) is 17.5. The summed E-state index contributed by atoms with van der Waals surface area (Å²) in [5.41, 5.74) is 3.36. The molecule has 0 radical (unpaired) electrons. The van der Waals surface area contributed by atoms with Crippen molar-refractivity contribution >= 4 is 17.3 Å². The first kappa shape index (κ1) is 15.5. The molecule has 134 valence electrons. The summed E-state index contributed by atoms with van der Waals surface area (Å²) in [6.07, 6.45) is 4.74. The first-order valence-electron chi connectivity index (χ1n) is 9.29. The van der Waals surface area contributed by atoms with Gasteiger partial charge in [0.2, 0.25) is 0 Å². The summed E-state index contributed by atoms with van der Waals surface area (Å²) >= 11 is 0. The maximum absolute atomic E-state index is 4.54. The molecular weight excluding hydrogens is 328 g/mol. The van der Waals surface area contributed by atoms with E-state index in [4.69, 9.17) is 0 Å². The Bertz CT molecular complexity index is 944. The van der Waals surface area contributed by atoms with Crippen LogP contribution in [0.1, 0.15) is 29.9 Å². The molecule has 0 saturated carbocycles. The fourth-order valence-corrected chi connectivity index (χ4v) is 3.76. The minimum Gasteiger partial charge on any atom is -0.368 e. The molecule has 8 nitrogen and oxygen atoms in total. The summed E-state index contributed by atoms with van der Waals surface area (Å²) < 4.78 is 1.76. The Kier molecular flexibility index (Phi) is 3.69. The Balaban J connectivity index is 1.18. The normalized spacial score (nSPS) is 17.2. The van der Waals surface area contributed by atoms with Crippen molar-refractivity contribution in [3.05, 3.63) is 35.3 Å². The van der Waals surface area contributed by atoms with Crippen molar-refractivity contribution in [2.75, 3.05) is 29.9 Å². The molecule has 26 heavy (non-hydrogen) atoms.